The maximum Gasteiger partial charge on any atom is 0.317 e. The number of carbonyl (C=O) groups excluding carboxylic acids is 1. The van der Waals surface area contributed by atoms with Gasteiger partial charge in [0.25, 0.3) is 0 Å². The molecule has 6 nitrogen and oxygen atoms in total. The van der Waals surface area contributed by atoms with E-state index in [1.807, 2.05) is 21.8 Å². The van der Waals surface area contributed by atoms with Gasteiger partial charge >= 0.3 is 6.03 Å². The molecule has 7 heteroatoms. The average molecular weight is 347 g/mol. The highest BCUT2D eigenvalue weighted by molar-refractivity contribution is 7.07. The zero-order chi connectivity index (χ0) is 16.8. The summed E-state index contributed by atoms with van der Waals surface area (Å²) in [5.74, 6) is 0. The molecule has 2 amide bonds. The molecule has 3 rings (SSSR count). The Bertz CT molecular complexity index is 605. The van der Waals surface area contributed by atoms with E-state index in [0.29, 0.717) is 12.6 Å². The van der Waals surface area contributed by atoms with Crippen LogP contribution in [0.25, 0.3) is 0 Å². The highest BCUT2D eigenvalue weighted by atomic mass is 32.1. The number of urea groups is 1. The minimum atomic E-state index is 0.0540. The second-order valence-corrected chi connectivity index (χ2v) is 6.89. The van der Waals surface area contributed by atoms with Crippen LogP contribution in [0.5, 0.6) is 0 Å². The highest BCUT2D eigenvalue weighted by Gasteiger charge is 2.24. The lowest BCUT2D eigenvalue weighted by atomic mass is 10.1. The number of hydrogen-bond acceptors (Lipinski definition) is 4. The van der Waals surface area contributed by atoms with Gasteiger partial charge < -0.3 is 10.2 Å². The molecule has 130 valence electrons. The second-order valence-electron chi connectivity index (χ2n) is 6.11. The van der Waals surface area contributed by atoms with Crippen molar-refractivity contribution in [3.63, 3.8) is 0 Å². The Labute approximate surface area is 147 Å². The number of nitrogens with zero attached hydrogens (tertiary/aromatic N) is 4. The molecule has 1 saturated heterocycles. The first-order valence-corrected chi connectivity index (χ1v) is 9.44. The molecule has 1 fully saturated rings. The minimum absolute atomic E-state index is 0.0540. The fraction of sp³-hybridized carbons (Fsp3) is 0.529. The van der Waals surface area contributed by atoms with Crippen LogP contribution in [0.15, 0.2) is 35.3 Å². The topological polar surface area (TPSA) is 53.4 Å². The summed E-state index contributed by atoms with van der Waals surface area (Å²) in [6.45, 7) is 7.20. The molecular formula is C17H25N5OS. The summed E-state index contributed by atoms with van der Waals surface area (Å²) in [4.78, 5) is 16.6. The third kappa shape index (κ3) is 4.36. The lowest BCUT2D eigenvalue weighted by molar-refractivity contribution is 0.114. The molecule has 0 aliphatic carbocycles. The van der Waals surface area contributed by atoms with E-state index in [0.717, 1.165) is 39.1 Å². The van der Waals surface area contributed by atoms with Crippen LogP contribution in [0, 0.1) is 0 Å². The largest absolute Gasteiger partial charge is 0.338 e. The smallest absolute Gasteiger partial charge is 0.317 e. The molecule has 3 heterocycles. The second kappa shape index (κ2) is 8.30. The van der Waals surface area contributed by atoms with Crippen LogP contribution < -0.4 is 5.32 Å². The van der Waals surface area contributed by atoms with Gasteiger partial charge in [0.15, 0.2) is 0 Å². The van der Waals surface area contributed by atoms with Crippen molar-refractivity contribution in [1.29, 1.82) is 0 Å². The first-order valence-electron chi connectivity index (χ1n) is 8.50. The SMILES string of the molecule is C[C@H](c1ccsc1)N1CCN(C(=O)NCCCn2cccn2)CC1. The van der Waals surface area contributed by atoms with Crippen molar-refractivity contribution in [3.05, 3.63) is 40.8 Å². The van der Waals surface area contributed by atoms with Crippen molar-refractivity contribution < 1.29 is 4.79 Å². The van der Waals surface area contributed by atoms with E-state index >= 15 is 0 Å². The van der Waals surface area contributed by atoms with Crippen LogP contribution in [0.1, 0.15) is 24.9 Å². The molecule has 0 spiro atoms. The Morgan fingerprint density at radius 2 is 2.21 bits per heavy atom. The Kier molecular flexibility index (Phi) is 5.87. The van der Waals surface area contributed by atoms with Gasteiger partial charge in [-0.1, -0.05) is 0 Å². The number of nitrogens with one attached hydrogen (secondary N) is 1. The number of aryl methyl sites for hydroxylation is 1. The van der Waals surface area contributed by atoms with Crippen LogP contribution in [0.2, 0.25) is 0 Å². The summed E-state index contributed by atoms with van der Waals surface area (Å²) in [7, 11) is 0. The third-order valence-electron chi connectivity index (χ3n) is 4.57. The molecule has 1 aliphatic heterocycles. The fourth-order valence-corrected chi connectivity index (χ4v) is 3.76. The predicted octanol–water partition coefficient (Wildman–Crippen LogP) is 2.42. The maximum atomic E-state index is 12.2. The van der Waals surface area contributed by atoms with Gasteiger partial charge in [-0.05, 0) is 41.8 Å². The van der Waals surface area contributed by atoms with Gasteiger partial charge in [-0.2, -0.15) is 16.4 Å². The maximum absolute atomic E-state index is 12.2. The first-order chi connectivity index (χ1) is 11.7. The van der Waals surface area contributed by atoms with Gasteiger partial charge in [-0.3, -0.25) is 9.58 Å². The van der Waals surface area contributed by atoms with Gasteiger partial charge in [-0.15, -0.1) is 0 Å². The van der Waals surface area contributed by atoms with Crippen molar-refractivity contribution in [2.75, 3.05) is 32.7 Å². The third-order valence-corrected chi connectivity index (χ3v) is 5.28. The average Bonchev–Trinajstić information content (AvgIpc) is 3.31. The van der Waals surface area contributed by atoms with E-state index in [9.17, 15) is 4.79 Å². The highest BCUT2D eigenvalue weighted by Crippen LogP contribution is 2.23. The molecule has 1 atom stereocenters. The number of aromatic nitrogens is 2. The standard InChI is InChI=1S/C17H25N5OS/c1-15(16-4-13-24-14-16)20-9-11-21(12-10-20)17(23)18-5-2-7-22-8-3-6-19-22/h3-4,6,8,13-15H,2,5,7,9-12H2,1H3,(H,18,23)/t15-/m1/s1. The van der Waals surface area contributed by atoms with E-state index in [1.165, 1.54) is 5.56 Å². The Hall–Kier alpha value is -1.86. The van der Waals surface area contributed by atoms with E-state index in [4.69, 9.17) is 0 Å². The predicted molar refractivity (Wildman–Crippen MR) is 96.1 cm³/mol. The Morgan fingerprint density at radius 3 is 2.88 bits per heavy atom. The Morgan fingerprint density at radius 1 is 1.38 bits per heavy atom. The zero-order valence-corrected chi connectivity index (χ0v) is 14.9. The molecule has 0 radical (unpaired) electrons. The lowest BCUT2D eigenvalue weighted by Gasteiger charge is -2.37. The number of carbonyl (C=O) groups is 1. The van der Waals surface area contributed by atoms with Crippen LogP contribution in [0.3, 0.4) is 0 Å². The summed E-state index contributed by atoms with van der Waals surface area (Å²) in [6, 6.07) is 4.58. The number of amides is 2. The molecule has 24 heavy (non-hydrogen) atoms. The van der Waals surface area contributed by atoms with Crippen LogP contribution in [-0.4, -0.2) is 58.3 Å². The minimum Gasteiger partial charge on any atom is -0.338 e. The van der Waals surface area contributed by atoms with Gasteiger partial charge in [0.2, 0.25) is 0 Å². The van der Waals surface area contributed by atoms with Crippen molar-refractivity contribution in [2.24, 2.45) is 0 Å². The quantitative estimate of drug-likeness (QED) is 0.817. The molecule has 0 aromatic carbocycles. The van der Waals surface area contributed by atoms with Crippen molar-refractivity contribution in [2.45, 2.75) is 25.9 Å². The number of hydrogen-bond donors (Lipinski definition) is 1. The molecule has 2 aromatic heterocycles. The van der Waals surface area contributed by atoms with Crippen molar-refractivity contribution in [1.82, 2.24) is 24.9 Å². The van der Waals surface area contributed by atoms with Gasteiger partial charge in [-0.25, -0.2) is 4.79 Å². The summed E-state index contributed by atoms with van der Waals surface area (Å²) in [5, 5.41) is 11.5. The summed E-state index contributed by atoms with van der Waals surface area (Å²) in [6.07, 6.45) is 4.60. The van der Waals surface area contributed by atoms with Crippen LogP contribution in [-0.2, 0) is 6.54 Å². The first kappa shape index (κ1) is 17.0. The summed E-state index contributed by atoms with van der Waals surface area (Å²) >= 11 is 1.74. The van der Waals surface area contributed by atoms with Crippen molar-refractivity contribution in [3.8, 4) is 0 Å². The monoisotopic (exact) mass is 347 g/mol. The Balaban J connectivity index is 1.35. The van der Waals surface area contributed by atoms with Gasteiger partial charge in [0.1, 0.15) is 0 Å². The van der Waals surface area contributed by atoms with E-state index in [-0.39, 0.29) is 6.03 Å². The molecule has 1 aliphatic rings. The molecule has 1 N–H and O–H groups in total. The number of piperazine rings is 1. The fourth-order valence-electron chi connectivity index (χ4n) is 3.02. The number of rotatable bonds is 6. The molecule has 0 unspecified atom stereocenters. The lowest BCUT2D eigenvalue weighted by Crippen LogP contribution is -2.52. The normalized spacial score (nSPS) is 17.0. The van der Waals surface area contributed by atoms with Crippen LogP contribution >= 0.6 is 11.3 Å². The molecule has 0 bridgehead atoms. The van der Waals surface area contributed by atoms with Gasteiger partial charge in [0, 0.05) is 57.7 Å². The zero-order valence-electron chi connectivity index (χ0n) is 14.1. The molecular weight excluding hydrogens is 322 g/mol. The van der Waals surface area contributed by atoms with E-state index in [2.05, 4.69) is 39.1 Å². The number of thiophene rings is 1. The van der Waals surface area contributed by atoms with Gasteiger partial charge in [0.05, 0.1) is 0 Å². The summed E-state index contributed by atoms with van der Waals surface area (Å²) in [5.41, 5.74) is 1.37. The van der Waals surface area contributed by atoms with Crippen LogP contribution in [0.4, 0.5) is 4.79 Å². The summed E-state index contributed by atoms with van der Waals surface area (Å²) < 4.78 is 1.89. The molecule has 0 saturated carbocycles. The van der Waals surface area contributed by atoms with E-state index < -0.39 is 0 Å². The van der Waals surface area contributed by atoms with Crippen molar-refractivity contribution >= 4 is 17.4 Å². The molecule has 2 aromatic rings. The van der Waals surface area contributed by atoms with E-state index in [1.54, 1.807) is 17.5 Å².